The molecule has 0 spiro atoms. The van der Waals surface area contributed by atoms with Gasteiger partial charge in [0.25, 0.3) is 0 Å². The Bertz CT molecular complexity index is 2110. The van der Waals surface area contributed by atoms with Crippen LogP contribution in [0.25, 0.3) is 21.8 Å². The molecule has 0 saturated heterocycles. The number of nitrogens with zero attached hydrogens (tertiary/aromatic N) is 4. The number of rotatable bonds is 8. The third-order valence-electron chi connectivity index (χ3n) is 7.61. The zero-order valence-electron chi connectivity index (χ0n) is 27.1. The second-order valence-corrected chi connectivity index (χ2v) is 13.6. The molecule has 0 fully saturated rings. The maximum atomic E-state index is 11.2. The Hall–Kier alpha value is -4.31. The van der Waals surface area contributed by atoms with Gasteiger partial charge in [0.2, 0.25) is 0 Å². The Balaban J connectivity index is 0.000000188. The quantitative estimate of drug-likeness (QED) is 0.141. The van der Waals surface area contributed by atoms with Gasteiger partial charge in [-0.15, -0.1) is 0 Å². The Morgan fingerprint density at radius 3 is 1.58 bits per heavy atom. The second kappa shape index (κ2) is 14.4. The van der Waals surface area contributed by atoms with Gasteiger partial charge < -0.3 is 15.3 Å². The molecule has 6 rings (SSSR count). The van der Waals surface area contributed by atoms with Crippen molar-refractivity contribution in [3.8, 4) is 0 Å². The standard InChI is InChI=1S/C19H19ClN2O2.C19H17ClN2O2/c2*1-19(2,24)18-8-13(11-23)7-16(22-18)6-12-3-4-17-14(5-12)9-15(20)10-21-17/h3-5,7-10,23-24H,6,11H2,1-2H3;3-5,7-11,24H,6H2,1-2H3. The molecule has 0 aliphatic rings. The normalized spacial score (nSPS) is 11.8. The molecule has 10 heteroatoms. The highest BCUT2D eigenvalue weighted by molar-refractivity contribution is 6.31. The summed E-state index contributed by atoms with van der Waals surface area (Å²) in [5, 5.41) is 32.9. The summed E-state index contributed by atoms with van der Waals surface area (Å²) in [6, 6.07) is 22.6. The highest BCUT2D eigenvalue weighted by Crippen LogP contribution is 2.25. The van der Waals surface area contributed by atoms with Crippen molar-refractivity contribution in [2.24, 2.45) is 0 Å². The van der Waals surface area contributed by atoms with E-state index in [1.54, 1.807) is 58.3 Å². The van der Waals surface area contributed by atoms with Crippen molar-refractivity contribution in [3.05, 3.63) is 140 Å². The molecule has 8 nitrogen and oxygen atoms in total. The third kappa shape index (κ3) is 8.98. The Labute approximate surface area is 289 Å². The van der Waals surface area contributed by atoms with Crippen molar-refractivity contribution in [2.45, 2.75) is 58.3 Å². The SMILES string of the molecule is CC(C)(O)c1cc(C=O)cc(Cc2ccc3ncc(Cl)cc3c2)n1.CC(C)(O)c1cc(CO)cc(Cc2ccc3ncc(Cl)cc3c2)n1. The van der Waals surface area contributed by atoms with Crippen LogP contribution >= 0.6 is 23.2 Å². The van der Waals surface area contributed by atoms with Crippen LogP contribution in [0, 0.1) is 0 Å². The second-order valence-electron chi connectivity index (χ2n) is 12.7. The number of aliphatic hydroxyl groups is 3. The summed E-state index contributed by atoms with van der Waals surface area (Å²) < 4.78 is 0. The van der Waals surface area contributed by atoms with Gasteiger partial charge in [-0.3, -0.25) is 24.7 Å². The summed E-state index contributed by atoms with van der Waals surface area (Å²) in [6.45, 7) is 6.58. The molecule has 0 bridgehead atoms. The number of aromatic nitrogens is 4. The largest absolute Gasteiger partial charge is 0.392 e. The van der Waals surface area contributed by atoms with Crippen LogP contribution in [0.2, 0.25) is 10.0 Å². The topological polar surface area (TPSA) is 129 Å². The van der Waals surface area contributed by atoms with E-state index in [1.807, 2.05) is 54.6 Å². The van der Waals surface area contributed by atoms with Crippen molar-refractivity contribution in [1.29, 1.82) is 0 Å². The fourth-order valence-electron chi connectivity index (χ4n) is 5.18. The van der Waals surface area contributed by atoms with Crippen LogP contribution in [0.3, 0.4) is 0 Å². The lowest BCUT2D eigenvalue weighted by molar-refractivity contribution is 0.0729. The van der Waals surface area contributed by atoms with E-state index < -0.39 is 11.2 Å². The summed E-state index contributed by atoms with van der Waals surface area (Å²) in [4.78, 5) is 28.8. The van der Waals surface area contributed by atoms with Gasteiger partial charge in [-0.1, -0.05) is 35.3 Å². The number of pyridine rings is 4. The number of aliphatic hydroxyl groups excluding tert-OH is 1. The number of benzene rings is 2. The smallest absolute Gasteiger partial charge is 0.150 e. The maximum absolute atomic E-state index is 11.2. The van der Waals surface area contributed by atoms with Crippen molar-refractivity contribution in [2.75, 3.05) is 0 Å². The van der Waals surface area contributed by atoms with E-state index in [0.717, 1.165) is 56.2 Å². The van der Waals surface area contributed by atoms with E-state index in [4.69, 9.17) is 23.2 Å². The van der Waals surface area contributed by atoms with Crippen LogP contribution in [0.15, 0.2) is 85.2 Å². The monoisotopic (exact) mass is 682 g/mol. The van der Waals surface area contributed by atoms with E-state index in [-0.39, 0.29) is 6.61 Å². The summed E-state index contributed by atoms with van der Waals surface area (Å²) in [7, 11) is 0. The molecule has 0 atom stereocenters. The molecule has 2 aromatic carbocycles. The molecule has 0 aliphatic carbocycles. The number of carbonyl (C=O) groups excluding carboxylic acids is 1. The van der Waals surface area contributed by atoms with E-state index in [2.05, 4.69) is 19.9 Å². The first-order chi connectivity index (χ1) is 22.7. The molecular weight excluding hydrogens is 647 g/mol. The summed E-state index contributed by atoms with van der Waals surface area (Å²) in [5.74, 6) is 0. The van der Waals surface area contributed by atoms with Gasteiger partial charge in [-0.25, -0.2) is 0 Å². The number of fused-ring (bicyclic) bond motifs is 2. The minimum atomic E-state index is -1.10. The highest BCUT2D eigenvalue weighted by Gasteiger charge is 2.20. The van der Waals surface area contributed by atoms with E-state index in [9.17, 15) is 20.1 Å². The van der Waals surface area contributed by atoms with Gasteiger partial charge in [0.15, 0.2) is 0 Å². The van der Waals surface area contributed by atoms with Crippen LogP contribution in [-0.2, 0) is 30.7 Å². The van der Waals surface area contributed by atoms with Crippen molar-refractivity contribution >= 4 is 51.3 Å². The van der Waals surface area contributed by atoms with Crippen LogP contribution in [0.1, 0.15) is 77.5 Å². The van der Waals surface area contributed by atoms with Gasteiger partial charge in [-0.2, -0.15) is 0 Å². The van der Waals surface area contributed by atoms with Crippen LogP contribution in [0.4, 0.5) is 0 Å². The molecule has 4 aromatic heterocycles. The molecule has 0 radical (unpaired) electrons. The molecule has 6 aromatic rings. The zero-order valence-corrected chi connectivity index (χ0v) is 28.6. The predicted molar refractivity (Wildman–Crippen MR) is 189 cm³/mol. The van der Waals surface area contributed by atoms with E-state index >= 15 is 0 Å². The Kier molecular flexibility index (Phi) is 10.5. The first kappa shape index (κ1) is 35.0. The predicted octanol–water partition coefficient (Wildman–Crippen LogP) is 7.51. The highest BCUT2D eigenvalue weighted by atomic mass is 35.5. The van der Waals surface area contributed by atoms with E-state index in [0.29, 0.717) is 39.8 Å². The van der Waals surface area contributed by atoms with Gasteiger partial charge in [0, 0.05) is 53.0 Å². The number of carbonyl (C=O) groups is 1. The van der Waals surface area contributed by atoms with Gasteiger partial charge in [0.05, 0.1) is 39.1 Å². The van der Waals surface area contributed by atoms with Crippen LogP contribution in [0.5, 0.6) is 0 Å². The van der Waals surface area contributed by atoms with Crippen LogP contribution < -0.4 is 0 Å². The number of hydrogen-bond donors (Lipinski definition) is 3. The minimum Gasteiger partial charge on any atom is -0.392 e. The molecule has 0 aliphatic heterocycles. The third-order valence-corrected chi connectivity index (χ3v) is 8.02. The molecule has 0 saturated carbocycles. The minimum absolute atomic E-state index is 0.0875. The maximum Gasteiger partial charge on any atom is 0.150 e. The van der Waals surface area contributed by atoms with Crippen molar-refractivity contribution < 1.29 is 20.1 Å². The molecular formula is C38H36Cl2N4O4. The van der Waals surface area contributed by atoms with Crippen molar-refractivity contribution in [1.82, 2.24) is 19.9 Å². The van der Waals surface area contributed by atoms with Gasteiger partial charge in [0.1, 0.15) is 17.5 Å². The fourth-order valence-corrected chi connectivity index (χ4v) is 5.51. The molecule has 246 valence electrons. The summed E-state index contributed by atoms with van der Waals surface area (Å²) >= 11 is 12.0. The number of hydrogen-bond acceptors (Lipinski definition) is 8. The van der Waals surface area contributed by atoms with Gasteiger partial charge in [-0.05, 0) is 105 Å². The summed E-state index contributed by atoms with van der Waals surface area (Å²) in [6.07, 6.45) is 5.16. The lowest BCUT2D eigenvalue weighted by atomic mass is 10.00. The zero-order chi connectivity index (χ0) is 34.6. The average molecular weight is 684 g/mol. The fraction of sp³-hybridized carbons (Fsp3) is 0.237. The molecule has 4 heterocycles. The Morgan fingerprint density at radius 2 is 1.12 bits per heavy atom. The van der Waals surface area contributed by atoms with Crippen molar-refractivity contribution in [3.63, 3.8) is 0 Å². The Morgan fingerprint density at radius 1 is 0.646 bits per heavy atom. The lowest BCUT2D eigenvalue weighted by Gasteiger charge is -2.18. The van der Waals surface area contributed by atoms with Gasteiger partial charge >= 0.3 is 0 Å². The molecule has 3 N–H and O–H groups in total. The van der Waals surface area contributed by atoms with E-state index in [1.165, 1.54) is 0 Å². The average Bonchev–Trinajstić information content (AvgIpc) is 3.03. The van der Waals surface area contributed by atoms with Crippen LogP contribution in [-0.4, -0.2) is 41.5 Å². The lowest BCUT2D eigenvalue weighted by Crippen LogP contribution is -2.19. The number of halogens is 2. The first-order valence-corrected chi connectivity index (χ1v) is 16.1. The molecule has 48 heavy (non-hydrogen) atoms. The number of aldehydes is 1. The summed E-state index contributed by atoms with van der Waals surface area (Å²) in [5.41, 5.74) is 5.49. The first-order valence-electron chi connectivity index (χ1n) is 15.3. The molecule has 0 unspecified atom stereocenters. The molecule has 0 amide bonds.